The molecule has 24 heavy (non-hydrogen) atoms. The lowest BCUT2D eigenvalue weighted by Crippen LogP contribution is -2.36. The van der Waals surface area contributed by atoms with Crippen LogP contribution in [0.1, 0.15) is 41.8 Å². The van der Waals surface area contributed by atoms with Crippen molar-refractivity contribution < 1.29 is 13.9 Å². The zero-order chi connectivity index (χ0) is 16.7. The fourth-order valence-corrected chi connectivity index (χ4v) is 3.75. The number of hydrogen-bond acceptors (Lipinski definition) is 6. The van der Waals surface area contributed by atoms with Gasteiger partial charge in [0.2, 0.25) is 11.8 Å². The average molecular weight is 329 g/mol. The monoisotopic (exact) mass is 329 g/mol. The summed E-state index contributed by atoms with van der Waals surface area (Å²) in [6.07, 6.45) is 3.54. The van der Waals surface area contributed by atoms with Crippen molar-refractivity contribution in [2.75, 3.05) is 20.8 Å². The summed E-state index contributed by atoms with van der Waals surface area (Å²) in [6, 6.07) is 4.68. The number of rotatable bonds is 5. The summed E-state index contributed by atoms with van der Waals surface area (Å²) in [5, 5.41) is 8.12. The quantitative estimate of drug-likeness (QED) is 0.840. The van der Waals surface area contributed by atoms with E-state index in [2.05, 4.69) is 27.2 Å². The van der Waals surface area contributed by atoms with E-state index in [4.69, 9.17) is 13.9 Å². The van der Waals surface area contributed by atoms with E-state index in [1.807, 2.05) is 6.92 Å². The first-order valence-electron chi connectivity index (χ1n) is 8.47. The van der Waals surface area contributed by atoms with Crippen LogP contribution >= 0.6 is 0 Å². The molecular weight excluding hydrogens is 306 g/mol. The Kier molecular flexibility index (Phi) is 3.92. The summed E-state index contributed by atoms with van der Waals surface area (Å²) in [7, 11) is 3.38. The number of hydrogen-bond donors (Lipinski definition) is 0. The number of ether oxygens (including phenoxy) is 2. The molecule has 0 saturated heterocycles. The largest absolute Gasteiger partial charge is 0.493 e. The van der Waals surface area contributed by atoms with Gasteiger partial charge in [-0.15, -0.1) is 10.2 Å². The lowest BCUT2D eigenvalue weighted by Gasteiger charge is -2.37. The van der Waals surface area contributed by atoms with Crippen LogP contribution < -0.4 is 9.47 Å². The minimum Gasteiger partial charge on any atom is -0.493 e. The molecule has 0 amide bonds. The number of nitrogens with zero attached hydrogens (tertiary/aromatic N) is 3. The number of fused-ring (bicyclic) bond motifs is 1. The molecule has 6 heteroatoms. The molecule has 1 aromatic heterocycles. The van der Waals surface area contributed by atoms with Gasteiger partial charge in [0.1, 0.15) is 0 Å². The van der Waals surface area contributed by atoms with Crippen LogP contribution in [0.2, 0.25) is 0 Å². The highest BCUT2D eigenvalue weighted by atomic mass is 16.5. The van der Waals surface area contributed by atoms with Gasteiger partial charge < -0.3 is 13.9 Å². The van der Waals surface area contributed by atoms with E-state index in [0.29, 0.717) is 30.3 Å². The molecule has 0 spiro atoms. The Morgan fingerprint density at radius 2 is 1.92 bits per heavy atom. The molecule has 128 valence electrons. The van der Waals surface area contributed by atoms with Crippen molar-refractivity contribution >= 4 is 0 Å². The molecule has 0 bridgehead atoms. The third-order valence-electron chi connectivity index (χ3n) is 5.00. The fourth-order valence-electron chi connectivity index (χ4n) is 3.75. The average Bonchev–Trinajstić information content (AvgIpc) is 3.35. The summed E-state index contributed by atoms with van der Waals surface area (Å²) < 4.78 is 16.6. The van der Waals surface area contributed by atoms with Crippen LogP contribution in [0.25, 0.3) is 0 Å². The van der Waals surface area contributed by atoms with Crippen LogP contribution in [0, 0.1) is 12.8 Å². The van der Waals surface area contributed by atoms with Crippen molar-refractivity contribution in [3.05, 3.63) is 35.0 Å². The molecule has 4 rings (SSSR count). The van der Waals surface area contributed by atoms with Crippen LogP contribution in [0.5, 0.6) is 11.5 Å². The van der Waals surface area contributed by atoms with Crippen molar-refractivity contribution in [3.8, 4) is 11.5 Å². The molecule has 2 heterocycles. The van der Waals surface area contributed by atoms with E-state index in [1.165, 1.54) is 24.0 Å². The molecule has 1 aliphatic heterocycles. The maximum absolute atomic E-state index is 5.60. The Morgan fingerprint density at radius 3 is 2.54 bits per heavy atom. The Balaban J connectivity index is 1.68. The Bertz CT molecular complexity index is 739. The molecule has 1 saturated carbocycles. The standard InChI is InChI=1S/C18H23N3O3/c1-11-19-20-17(24-11)10-21-7-6-13-8-15(22-2)16(23-3)9-14(13)18(21)12-4-5-12/h8-9,12,18H,4-7,10H2,1-3H3. The topological polar surface area (TPSA) is 60.6 Å². The van der Waals surface area contributed by atoms with Crippen LogP contribution in [-0.4, -0.2) is 35.9 Å². The summed E-state index contributed by atoms with van der Waals surface area (Å²) in [6.45, 7) is 3.53. The van der Waals surface area contributed by atoms with E-state index in [0.717, 1.165) is 24.5 Å². The third-order valence-corrected chi connectivity index (χ3v) is 5.00. The van der Waals surface area contributed by atoms with Crippen molar-refractivity contribution in [1.82, 2.24) is 15.1 Å². The minimum absolute atomic E-state index is 0.390. The number of benzene rings is 1. The Hall–Kier alpha value is -2.08. The second-order valence-corrected chi connectivity index (χ2v) is 6.62. The van der Waals surface area contributed by atoms with E-state index in [-0.39, 0.29) is 0 Å². The Labute approximate surface area is 141 Å². The lowest BCUT2D eigenvalue weighted by atomic mass is 9.89. The summed E-state index contributed by atoms with van der Waals surface area (Å²) in [5.74, 6) is 3.63. The van der Waals surface area contributed by atoms with E-state index in [9.17, 15) is 0 Å². The summed E-state index contributed by atoms with van der Waals surface area (Å²) >= 11 is 0. The third kappa shape index (κ3) is 2.75. The van der Waals surface area contributed by atoms with Gasteiger partial charge in [-0.1, -0.05) is 0 Å². The minimum atomic E-state index is 0.390. The van der Waals surface area contributed by atoms with E-state index in [1.54, 1.807) is 14.2 Å². The summed E-state index contributed by atoms with van der Waals surface area (Å²) in [4.78, 5) is 2.47. The van der Waals surface area contributed by atoms with Gasteiger partial charge in [-0.25, -0.2) is 0 Å². The highest BCUT2D eigenvalue weighted by Gasteiger charge is 2.40. The first-order chi connectivity index (χ1) is 11.7. The molecular formula is C18H23N3O3. The van der Waals surface area contributed by atoms with Crippen LogP contribution in [0.3, 0.4) is 0 Å². The molecule has 0 N–H and O–H groups in total. The lowest BCUT2D eigenvalue weighted by molar-refractivity contribution is 0.141. The maximum atomic E-state index is 5.60. The van der Waals surface area contributed by atoms with Crippen molar-refractivity contribution in [2.24, 2.45) is 5.92 Å². The zero-order valence-electron chi connectivity index (χ0n) is 14.4. The maximum Gasteiger partial charge on any atom is 0.230 e. The molecule has 1 atom stereocenters. The molecule has 1 aliphatic carbocycles. The SMILES string of the molecule is COc1cc2c(cc1OC)C(C1CC1)N(Cc1nnc(C)o1)CC2. The van der Waals surface area contributed by atoms with Crippen molar-refractivity contribution in [1.29, 1.82) is 0 Å². The predicted molar refractivity (Wildman–Crippen MR) is 88.2 cm³/mol. The van der Waals surface area contributed by atoms with Crippen LogP contribution in [0.15, 0.2) is 16.5 Å². The first kappa shape index (κ1) is 15.4. The fraction of sp³-hybridized carbons (Fsp3) is 0.556. The van der Waals surface area contributed by atoms with Gasteiger partial charge in [0, 0.05) is 19.5 Å². The van der Waals surface area contributed by atoms with Gasteiger partial charge in [-0.2, -0.15) is 0 Å². The second-order valence-electron chi connectivity index (χ2n) is 6.62. The van der Waals surface area contributed by atoms with Gasteiger partial charge >= 0.3 is 0 Å². The van der Waals surface area contributed by atoms with Crippen LogP contribution in [0.4, 0.5) is 0 Å². The smallest absolute Gasteiger partial charge is 0.230 e. The number of aryl methyl sites for hydroxylation is 1. The highest BCUT2D eigenvalue weighted by molar-refractivity contribution is 5.49. The molecule has 1 fully saturated rings. The molecule has 2 aliphatic rings. The van der Waals surface area contributed by atoms with E-state index < -0.39 is 0 Å². The molecule has 0 radical (unpaired) electrons. The Morgan fingerprint density at radius 1 is 1.17 bits per heavy atom. The summed E-state index contributed by atoms with van der Waals surface area (Å²) in [5.41, 5.74) is 2.72. The van der Waals surface area contributed by atoms with Gasteiger partial charge in [-0.05, 0) is 48.4 Å². The number of aromatic nitrogens is 2. The molecule has 6 nitrogen and oxygen atoms in total. The van der Waals surface area contributed by atoms with E-state index >= 15 is 0 Å². The van der Waals surface area contributed by atoms with Gasteiger partial charge in [-0.3, -0.25) is 4.90 Å². The van der Waals surface area contributed by atoms with Crippen molar-refractivity contribution in [2.45, 2.75) is 38.8 Å². The van der Waals surface area contributed by atoms with Crippen LogP contribution in [-0.2, 0) is 13.0 Å². The normalized spacial score (nSPS) is 20.7. The molecule has 2 aromatic rings. The zero-order valence-corrected chi connectivity index (χ0v) is 14.4. The van der Waals surface area contributed by atoms with Gasteiger partial charge in [0.05, 0.1) is 20.8 Å². The van der Waals surface area contributed by atoms with Gasteiger partial charge in [0.25, 0.3) is 0 Å². The molecule has 1 unspecified atom stereocenters. The predicted octanol–water partition coefficient (Wildman–Crippen LogP) is 2.90. The van der Waals surface area contributed by atoms with Crippen molar-refractivity contribution in [3.63, 3.8) is 0 Å². The number of methoxy groups -OCH3 is 2. The van der Waals surface area contributed by atoms with Gasteiger partial charge in [0.15, 0.2) is 11.5 Å². The second kappa shape index (κ2) is 6.09. The first-order valence-corrected chi connectivity index (χ1v) is 8.47. The molecule has 1 aromatic carbocycles. The highest BCUT2D eigenvalue weighted by Crippen LogP contribution is 2.49.